The van der Waals surface area contributed by atoms with E-state index in [1.807, 2.05) is 0 Å². The molecular weight excluding hydrogens is 834 g/mol. The van der Waals surface area contributed by atoms with Gasteiger partial charge in [-0.15, -0.1) is 0 Å². The van der Waals surface area contributed by atoms with Gasteiger partial charge in [0.2, 0.25) is 0 Å². The molecule has 0 aliphatic heterocycles. The first kappa shape index (κ1) is 64.2. The molecule has 0 heterocycles. The average molecular weight is 944 g/mol. The fourth-order valence-electron chi connectivity index (χ4n) is 9.05. The Morgan fingerprint density at radius 3 is 1.31 bits per heavy atom. The van der Waals surface area contributed by atoms with Gasteiger partial charge in [-0.2, -0.15) is 0 Å². The number of esters is 1. The highest BCUT2D eigenvalue weighted by molar-refractivity contribution is 7.51. The normalized spacial score (nSPS) is 14.1. The second-order valence-electron chi connectivity index (χ2n) is 20.1. The summed E-state index contributed by atoms with van der Waals surface area (Å²) >= 11 is 0. The van der Waals surface area contributed by atoms with E-state index in [2.05, 4.69) is 26.0 Å². The Labute approximate surface area is 403 Å². The van der Waals surface area contributed by atoms with Crippen molar-refractivity contribution in [3.8, 4) is 0 Å². The minimum atomic E-state index is -4.41. The van der Waals surface area contributed by atoms with Gasteiger partial charge in [-0.3, -0.25) is 4.79 Å². The first-order valence-corrected chi connectivity index (χ1v) is 29.7. The molecule has 0 radical (unpaired) electrons. The van der Waals surface area contributed by atoms with Crippen LogP contribution in [0.15, 0.2) is 12.2 Å². The van der Waals surface area contributed by atoms with E-state index in [-0.39, 0.29) is 43.1 Å². The maximum atomic E-state index is 13.5. The summed E-state index contributed by atoms with van der Waals surface area (Å²) in [5.41, 5.74) is 0. The molecule has 2 unspecified atom stereocenters. The molecule has 0 aromatic carbocycles. The number of quaternary nitrogens is 1. The van der Waals surface area contributed by atoms with Gasteiger partial charge in [0.15, 0.2) is 19.7 Å². The van der Waals surface area contributed by atoms with Crippen LogP contribution in [0.3, 0.4) is 0 Å². The molecule has 388 valence electrons. The van der Waals surface area contributed by atoms with Crippen molar-refractivity contribution in [3.05, 3.63) is 12.2 Å². The topological polar surface area (TPSA) is 125 Å². The van der Waals surface area contributed by atoms with Crippen LogP contribution in [0.5, 0.6) is 0 Å². The molecule has 0 aliphatic carbocycles. The van der Waals surface area contributed by atoms with Crippen LogP contribution in [0.4, 0.5) is 0 Å². The third kappa shape index (κ3) is 43.0. The lowest BCUT2D eigenvalue weighted by molar-refractivity contribution is -0.904. The van der Waals surface area contributed by atoms with Gasteiger partial charge in [0.05, 0.1) is 33.9 Å². The third-order valence-corrected chi connectivity index (χ3v) is 15.6. The highest BCUT2D eigenvalue weighted by Gasteiger charge is 2.37. The van der Waals surface area contributed by atoms with Crippen LogP contribution in [0, 0.1) is 0 Å². The molecule has 2 N–H and O–H groups in total. The first-order valence-electron chi connectivity index (χ1n) is 28.1. The van der Waals surface area contributed by atoms with E-state index < -0.39 is 25.8 Å². The number of allylic oxidation sites excluding steroid dienone is 2. The molecule has 10 heteroatoms. The van der Waals surface area contributed by atoms with Gasteiger partial charge in [0.1, 0.15) is 6.10 Å². The van der Waals surface area contributed by atoms with Crippen LogP contribution in [0.1, 0.15) is 278 Å². The molecule has 0 aromatic heterocycles. The number of carbonyl (C=O) groups excluding carboxylic acids is 1. The lowest BCUT2D eigenvalue weighted by Crippen LogP contribution is -2.51. The number of ether oxygens (including phenoxy) is 2. The summed E-state index contributed by atoms with van der Waals surface area (Å²) in [6, 6.07) is 0. The minimum absolute atomic E-state index is 0.0331. The Morgan fingerprint density at radius 1 is 0.554 bits per heavy atom. The second-order valence-corrected chi connectivity index (χ2v) is 22.1. The van der Waals surface area contributed by atoms with Crippen LogP contribution < -0.4 is 4.89 Å². The highest BCUT2D eigenvalue weighted by atomic mass is 31.2. The van der Waals surface area contributed by atoms with Gasteiger partial charge >= 0.3 is 5.97 Å². The summed E-state index contributed by atoms with van der Waals surface area (Å²) in [4.78, 5) is 26.4. The zero-order chi connectivity index (χ0) is 48.0. The minimum Gasteiger partial charge on any atom is -0.774 e. The predicted molar refractivity (Wildman–Crippen MR) is 274 cm³/mol. The number of hydrogen-bond acceptors (Lipinski definition) is 8. The third-order valence-electron chi connectivity index (χ3n) is 13.3. The van der Waals surface area contributed by atoms with Gasteiger partial charge in [-0.05, 0) is 38.5 Å². The van der Waals surface area contributed by atoms with Gasteiger partial charge in [0, 0.05) is 25.9 Å². The van der Waals surface area contributed by atoms with E-state index in [1.54, 1.807) is 21.0 Å². The van der Waals surface area contributed by atoms with E-state index in [0.29, 0.717) is 13.0 Å². The maximum Gasteiger partial charge on any atom is 0.306 e. The number of carbonyl (C=O) groups is 1. The fraction of sp³-hybridized carbons (Fsp3) is 0.945. The Hall–Kier alpha value is -0.800. The molecule has 3 atom stereocenters. The van der Waals surface area contributed by atoms with Crippen molar-refractivity contribution in [1.82, 2.24) is 0 Å². The van der Waals surface area contributed by atoms with Crippen LogP contribution in [0.2, 0.25) is 0 Å². The Bertz CT molecular complexity index is 1090. The summed E-state index contributed by atoms with van der Waals surface area (Å²) in [5, 5.41) is 18.8. The van der Waals surface area contributed by atoms with Crippen LogP contribution in [-0.2, 0) is 23.4 Å². The summed E-state index contributed by atoms with van der Waals surface area (Å²) < 4.78 is 30.8. The molecule has 0 rings (SSSR count). The van der Waals surface area contributed by atoms with Crippen molar-refractivity contribution in [3.63, 3.8) is 0 Å². The molecular formula is C55H110NO8P. The quantitative estimate of drug-likeness (QED) is 0.0154. The van der Waals surface area contributed by atoms with Crippen LogP contribution >= 0.6 is 7.60 Å². The van der Waals surface area contributed by atoms with Gasteiger partial charge < -0.3 is 38.2 Å². The average Bonchev–Trinajstić information content (AvgIpc) is 3.27. The lowest BCUT2D eigenvalue weighted by Gasteiger charge is -2.44. The Balaban J connectivity index is 4.42. The molecule has 0 saturated heterocycles. The molecule has 9 nitrogen and oxygen atoms in total. The second kappa shape index (κ2) is 46.9. The molecule has 0 amide bonds. The summed E-state index contributed by atoms with van der Waals surface area (Å²) in [6.07, 6.45) is 50.7. The monoisotopic (exact) mass is 944 g/mol. The predicted octanol–water partition coefficient (Wildman–Crippen LogP) is 15.4. The van der Waals surface area contributed by atoms with Crippen molar-refractivity contribution in [1.29, 1.82) is 0 Å². The highest BCUT2D eigenvalue weighted by Crippen LogP contribution is 2.48. The van der Waals surface area contributed by atoms with E-state index in [9.17, 15) is 24.5 Å². The van der Waals surface area contributed by atoms with Gasteiger partial charge in [-0.25, -0.2) is 0 Å². The van der Waals surface area contributed by atoms with E-state index in [1.165, 1.54) is 193 Å². The first-order chi connectivity index (χ1) is 31.5. The molecule has 65 heavy (non-hydrogen) atoms. The number of unbranched alkanes of at least 4 members (excludes halogenated alkanes) is 34. The zero-order valence-corrected chi connectivity index (χ0v) is 44.6. The zero-order valence-electron chi connectivity index (χ0n) is 43.7. The fourth-order valence-corrected chi connectivity index (χ4v) is 10.9. The molecule has 0 fully saturated rings. The number of rotatable bonds is 52. The number of hydrogen-bond donors (Lipinski definition) is 2. The van der Waals surface area contributed by atoms with Crippen LogP contribution in [-0.4, -0.2) is 79.3 Å². The van der Waals surface area contributed by atoms with Crippen molar-refractivity contribution >= 4 is 13.6 Å². The molecule has 0 aromatic rings. The van der Waals surface area contributed by atoms with E-state index >= 15 is 0 Å². The standard InChI is InChI=1S/C55H110NO8P/c1-6-9-11-13-15-17-19-21-23-25-27-29-31-33-35-37-39-41-43-45-49-62-50-52(51-63-65(60,61)53(8-3)56(4,5)48-47-54(57)58)64-55(59)46-44-42-40-38-36-34-32-30-28-26-24-22-20-18-16-14-12-10-7-2/h28,30,52-54,57-58H,6-27,29,31-51H2,1-5H3/b30-28-/t52-,53?/m1/s1. The number of aliphatic hydroxyl groups is 2. The molecule has 0 aliphatic rings. The van der Waals surface area contributed by atoms with Gasteiger partial charge in [-0.1, -0.05) is 232 Å². The Kier molecular flexibility index (Phi) is 46.3. The van der Waals surface area contributed by atoms with Crippen molar-refractivity contribution in [2.45, 2.75) is 296 Å². The Morgan fingerprint density at radius 2 is 0.923 bits per heavy atom. The summed E-state index contributed by atoms with van der Waals surface area (Å²) in [5.74, 6) is -1.23. The lowest BCUT2D eigenvalue weighted by atomic mass is 10.0. The largest absolute Gasteiger partial charge is 0.774 e. The van der Waals surface area contributed by atoms with Gasteiger partial charge in [0.25, 0.3) is 0 Å². The van der Waals surface area contributed by atoms with E-state index in [0.717, 1.165) is 44.9 Å². The van der Waals surface area contributed by atoms with Crippen molar-refractivity contribution in [2.24, 2.45) is 0 Å². The SMILES string of the molecule is CCCCCCCCCCC/C=C\CCCCCCCCC(=O)O[C@H](COCCCCCCCCCCCCCCCCCCCCCC)COP(=O)([O-])C(CC)[N+](C)(C)CCC(O)O. The van der Waals surface area contributed by atoms with Crippen LogP contribution in [0.25, 0.3) is 0 Å². The molecule has 0 bridgehead atoms. The number of aliphatic hydroxyl groups excluding tert-OH is 1. The van der Waals surface area contributed by atoms with E-state index in [4.69, 9.17) is 14.0 Å². The smallest absolute Gasteiger partial charge is 0.306 e. The summed E-state index contributed by atoms with van der Waals surface area (Å²) in [6.45, 7) is 6.92. The maximum absolute atomic E-state index is 13.5. The van der Waals surface area contributed by atoms with Crippen molar-refractivity contribution in [2.75, 3.05) is 40.5 Å². The summed E-state index contributed by atoms with van der Waals surface area (Å²) in [7, 11) is -0.908. The molecule has 0 saturated carbocycles. The molecule has 0 spiro atoms. The number of nitrogens with zero attached hydrogens (tertiary/aromatic N) is 1. The van der Waals surface area contributed by atoms with Crippen molar-refractivity contribution < 1.29 is 42.9 Å².